The molecule has 0 spiro atoms. The Hall–Kier alpha value is -2.46. The Kier molecular flexibility index (Phi) is 5.66. The van der Waals surface area contributed by atoms with Gasteiger partial charge in [-0.1, -0.05) is 12.1 Å². The molecule has 2 fully saturated rings. The van der Waals surface area contributed by atoms with Gasteiger partial charge in [0.2, 0.25) is 5.43 Å². The van der Waals surface area contributed by atoms with Crippen LogP contribution in [0.1, 0.15) is 34.8 Å². The Labute approximate surface area is 198 Å². The predicted molar refractivity (Wildman–Crippen MR) is 130 cm³/mol. The molecular weight excluding hydrogens is 524 g/mol. The molecule has 0 unspecified atom stereocenters. The second-order valence-electron chi connectivity index (χ2n) is 8.53. The van der Waals surface area contributed by atoms with Gasteiger partial charge < -0.3 is 14.6 Å². The van der Waals surface area contributed by atoms with Crippen LogP contribution in [0.25, 0.3) is 10.9 Å². The van der Waals surface area contributed by atoms with Gasteiger partial charge in [0.15, 0.2) is 0 Å². The van der Waals surface area contributed by atoms with Crippen LogP contribution >= 0.6 is 22.6 Å². The SMILES string of the molecule is O=C(O)c1cn(C2CC2)c2cc(N3CCN(Cc4ccc(I)cc4)CC3)c(F)cc2c1=O. The summed E-state index contributed by atoms with van der Waals surface area (Å²) in [5.74, 6) is -1.76. The van der Waals surface area contributed by atoms with E-state index in [0.29, 0.717) is 24.3 Å². The van der Waals surface area contributed by atoms with Crippen LogP contribution < -0.4 is 10.3 Å². The number of anilines is 1. The van der Waals surface area contributed by atoms with Crippen LogP contribution in [0.2, 0.25) is 0 Å². The summed E-state index contributed by atoms with van der Waals surface area (Å²) in [6.07, 6.45) is 3.28. The second-order valence-corrected chi connectivity index (χ2v) is 9.77. The lowest BCUT2D eigenvalue weighted by Crippen LogP contribution is -2.46. The molecule has 1 N–H and O–H groups in total. The summed E-state index contributed by atoms with van der Waals surface area (Å²) in [5, 5.41) is 9.54. The number of aromatic nitrogens is 1. The average molecular weight is 547 g/mol. The Balaban J connectivity index is 1.41. The van der Waals surface area contributed by atoms with Gasteiger partial charge in [0.05, 0.1) is 11.2 Å². The zero-order valence-electron chi connectivity index (χ0n) is 17.4. The number of fused-ring (bicyclic) bond motifs is 1. The molecule has 2 heterocycles. The number of halogens is 2. The van der Waals surface area contributed by atoms with Crippen LogP contribution in [0.4, 0.5) is 10.1 Å². The summed E-state index contributed by atoms with van der Waals surface area (Å²) in [4.78, 5) is 28.6. The van der Waals surface area contributed by atoms with Crippen molar-refractivity contribution in [2.75, 3.05) is 31.1 Å². The predicted octanol–water partition coefficient (Wildman–Crippen LogP) is 4.10. The van der Waals surface area contributed by atoms with Gasteiger partial charge in [0, 0.05) is 53.9 Å². The van der Waals surface area contributed by atoms with E-state index in [2.05, 4.69) is 51.8 Å². The summed E-state index contributed by atoms with van der Waals surface area (Å²) in [7, 11) is 0. The summed E-state index contributed by atoms with van der Waals surface area (Å²) in [5.41, 5.74) is 1.42. The van der Waals surface area contributed by atoms with Crippen LogP contribution in [0.15, 0.2) is 47.4 Å². The molecule has 1 aliphatic carbocycles. The number of hydrogen-bond donors (Lipinski definition) is 1. The van der Waals surface area contributed by atoms with E-state index in [1.54, 1.807) is 6.07 Å². The van der Waals surface area contributed by atoms with E-state index in [0.717, 1.165) is 32.5 Å². The molecule has 6 nitrogen and oxygen atoms in total. The van der Waals surface area contributed by atoms with Crippen molar-refractivity contribution < 1.29 is 14.3 Å². The van der Waals surface area contributed by atoms with Crippen molar-refractivity contribution >= 4 is 45.2 Å². The highest BCUT2D eigenvalue weighted by atomic mass is 127. The van der Waals surface area contributed by atoms with E-state index in [-0.39, 0.29) is 17.0 Å². The first-order valence-electron chi connectivity index (χ1n) is 10.7. The lowest BCUT2D eigenvalue weighted by molar-refractivity contribution is 0.0695. The minimum atomic E-state index is -1.28. The number of carbonyl (C=O) groups is 1. The van der Waals surface area contributed by atoms with Crippen LogP contribution in [0.5, 0.6) is 0 Å². The molecule has 1 aromatic heterocycles. The van der Waals surface area contributed by atoms with Crippen molar-refractivity contribution in [1.82, 2.24) is 9.47 Å². The third-order valence-electron chi connectivity index (χ3n) is 6.30. The van der Waals surface area contributed by atoms with E-state index >= 15 is 4.39 Å². The molecule has 1 saturated heterocycles. The number of aromatic carboxylic acids is 1. The van der Waals surface area contributed by atoms with Gasteiger partial charge in [-0.3, -0.25) is 9.69 Å². The molecule has 5 rings (SSSR count). The zero-order chi connectivity index (χ0) is 22.4. The van der Waals surface area contributed by atoms with Crippen LogP contribution in [0, 0.1) is 9.39 Å². The molecule has 1 aliphatic heterocycles. The summed E-state index contributed by atoms with van der Waals surface area (Å²) >= 11 is 2.30. The molecule has 0 amide bonds. The monoisotopic (exact) mass is 547 g/mol. The lowest BCUT2D eigenvalue weighted by Gasteiger charge is -2.36. The van der Waals surface area contributed by atoms with Gasteiger partial charge >= 0.3 is 5.97 Å². The minimum Gasteiger partial charge on any atom is -0.477 e. The average Bonchev–Trinajstić information content (AvgIpc) is 3.61. The first-order valence-corrected chi connectivity index (χ1v) is 11.8. The van der Waals surface area contributed by atoms with Crippen LogP contribution in [-0.4, -0.2) is 46.7 Å². The fraction of sp³-hybridized carbons (Fsp3) is 0.333. The third kappa shape index (κ3) is 4.13. The van der Waals surface area contributed by atoms with Crippen molar-refractivity contribution in [2.24, 2.45) is 0 Å². The Bertz CT molecular complexity index is 1250. The van der Waals surface area contributed by atoms with Gasteiger partial charge in [0.1, 0.15) is 11.4 Å². The van der Waals surface area contributed by atoms with E-state index in [1.165, 1.54) is 21.4 Å². The largest absolute Gasteiger partial charge is 0.477 e. The van der Waals surface area contributed by atoms with Crippen LogP contribution in [0.3, 0.4) is 0 Å². The molecule has 166 valence electrons. The number of carboxylic acid groups (broad SMARTS) is 1. The van der Waals surface area contributed by atoms with Crippen molar-refractivity contribution in [2.45, 2.75) is 25.4 Å². The number of pyridine rings is 1. The normalized spacial score (nSPS) is 17.1. The zero-order valence-corrected chi connectivity index (χ0v) is 19.6. The van der Waals surface area contributed by atoms with Gasteiger partial charge in [-0.05, 0) is 65.3 Å². The summed E-state index contributed by atoms with van der Waals surface area (Å²) in [6, 6.07) is 11.6. The maximum Gasteiger partial charge on any atom is 0.341 e. The molecule has 3 aromatic rings. The third-order valence-corrected chi connectivity index (χ3v) is 7.02. The van der Waals surface area contributed by atoms with Crippen molar-refractivity contribution in [3.05, 3.63) is 73.3 Å². The molecule has 0 bridgehead atoms. The van der Waals surface area contributed by atoms with Gasteiger partial charge in [-0.15, -0.1) is 0 Å². The number of piperazine rings is 1. The van der Waals surface area contributed by atoms with Crippen molar-refractivity contribution in [1.29, 1.82) is 0 Å². The fourth-order valence-electron chi connectivity index (χ4n) is 4.40. The lowest BCUT2D eigenvalue weighted by atomic mass is 10.1. The fourth-order valence-corrected chi connectivity index (χ4v) is 4.76. The minimum absolute atomic E-state index is 0.135. The van der Waals surface area contributed by atoms with E-state index in [9.17, 15) is 14.7 Å². The molecule has 2 aromatic carbocycles. The first kappa shape index (κ1) is 21.4. The first-order chi connectivity index (χ1) is 15.4. The van der Waals surface area contributed by atoms with Gasteiger partial charge in [0.25, 0.3) is 0 Å². The second kappa shape index (κ2) is 8.47. The summed E-state index contributed by atoms with van der Waals surface area (Å²) in [6.45, 7) is 3.87. The highest BCUT2D eigenvalue weighted by molar-refractivity contribution is 14.1. The molecule has 32 heavy (non-hydrogen) atoms. The molecule has 0 radical (unpaired) electrons. The summed E-state index contributed by atoms with van der Waals surface area (Å²) < 4.78 is 18.2. The van der Waals surface area contributed by atoms with E-state index < -0.39 is 17.2 Å². The number of hydrogen-bond acceptors (Lipinski definition) is 4. The standard InChI is InChI=1S/C24H23FIN3O3/c25-20-11-18-21(29(17-5-6-17)14-19(23(18)30)24(31)32)12-22(20)28-9-7-27(8-10-28)13-15-1-3-16(26)4-2-15/h1-4,11-12,14,17H,5-10,13H2,(H,31,32). The molecule has 1 saturated carbocycles. The highest BCUT2D eigenvalue weighted by Crippen LogP contribution is 2.38. The van der Waals surface area contributed by atoms with Crippen LogP contribution in [-0.2, 0) is 6.54 Å². The number of carboxylic acids is 1. The van der Waals surface area contributed by atoms with Gasteiger partial charge in [-0.2, -0.15) is 0 Å². The quantitative estimate of drug-likeness (QED) is 0.488. The maximum atomic E-state index is 15.1. The number of rotatable bonds is 5. The smallest absolute Gasteiger partial charge is 0.341 e. The Morgan fingerprint density at radius 3 is 2.41 bits per heavy atom. The van der Waals surface area contributed by atoms with E-state index in [4.69, 9.17) is 0 Å². The topological polar surface area (TPSA) is 65.8 Å². The maximum absolute atomic E-state index is 15.1. The molecule has 2 aliphatic rings. The van der Waals surface area contributed by atoms with Gasteiger partial charge in [-0.25, -0.2) is 9.18 Å². The molecule has 8 heteroatoms. The number of nitrogens with zero attached hydrogens (tertiary/aromatic N) is 3. The highest BCUT2D eigenvalue weighted by Gasteiger charge is 2.28. The van der Waals surface area contributed by atoms with Crippen molar-refractivity contribution in [3.63, 3.8) is 0 Å². The number of benzene rings is 2. The Morgan fingerprint density at radius 2 is 1.78 bits per heavy atom. The van der Waals surface area contributed by atoms with E-state index in [1.807, 2.05) is 9.47 Å². The molecular formula is C24H23FIN3O3. The molecule has 0 atom stereocenters. The van der Waals surface area contributed by atoms with Crippen molar-refractivity contribution in [3.8, 4) is 0 Å². The Morgan fingerprint density at radius 1 is 1.09 bits per heavy atom.